The quantitative estimate of drug-likeness (QED) is 0.472. The fourth-order valence-corrected chi connectivity index (χ4v) is 5.79. The first kappa shape index (κ1) is 21.3. The lowest BCUT2D eigenvalue weighted by molar-refractivity contribution is 0.00995. The van der Waals surface area contributed by atoms with Gasteiger partial charge in [-0.15, -0.1) is 0 Å². The first-order valence-electron chi connectivity index (χ1n) is 11.3. The normalized spacial score (nSPS) is 22.7. The molecule has 1 aliphatic heterocycles. The third-order valence-corrected chi connectivity index (χ3v) is 7.76. The molecule has 5 heterocycles. The second-order valence-corrected chi connectivity index (χ2v) is 9.90. The summed E-state index contributed by atoms with van der Waals surface area (Å²) in [5, 5.41) is 28.4. The lowest BCUT2D eigenvalue weighted by atomic mass is 9.88. The van der Waals surface area contributed by atoms with E-state index >= 15 is 0 Å². The van der Waals surface area contributed by atoms with Crippen molar-refractivity contribution in [2.24, 2.45) is 0 Å². The number of pyridine rings is 2. The maximum Gasteiger partial charge on any atom is 0.155 e. The summed E-state index contributed by atoms with van der Waals surface area (Å²) in [5.74, 6) is -0.410. The number of rotatable bonds is 5. The van der Waals surface area contributed by atoms with Crippen LogP contribution in [0.1, 0.15) is 30.9 Å². The lowest BCUT2D eigenvalue weighted by Gasteiger charge is -2.38. The molecule has 4 aromatic heterocycles. The molecule has 0 aromatic carbocycles. The van der Waals surface area contributed by atoms with Gasteiger partial charge in [-0.05, 0) is 37.5 Å². The topological polar surface area (TPSA) is 95.3 Å². The van der Waals surface area contributed by atoms with Gasteiger partial charge in [-0.25, -0.2) is 13.9 Å². The number of likely N-dealkylation sites (tertiary alicyclic amines) is 1. The van der Waals surface area contributed by atoms with E-state index in [2.05, 4.69) is 26.2 Å². The van der Waals surface area contributed by atoms with Crippen LogP contribution in [-0.4, -0.2) is 59.6 Å². The van der Waals surface area contributed by atoms with Gasteiger partial charge >= 0.3 is 0 Å². The van der Waals surface area contributed by atoms with Crippen molar-refractivity contribution in [1.82, 2.24) is 29.3 Å². The van der Waals surface area contributed by atoms with Crippen molar-refractivity contribution in [2.45, 2.75) is 47.4 Å². The summed E-state index contributed by atoms with van der Waals surface area (Å²) >= 11 is 1.18. The number of aliphatic hydroxyl groups is 1. The molecule has 1 saturated carbocycles. The van der Waals surface area contributed by atoms with Crippen LogP contribution in [-0.2, 0) is 0 Å². The maximum atomic E-state index is 14.3. The largest absolute Gasteiger partial charge is 0.393 e. The highest BCUT2D eigenvalue weighted by Crippen LogP contribution is 2.36. The molecule has 2 fully saturated rings. The van der Waals surface area contributed by atoms with E-state index in [9.17, 15) is 14.8 Å². The molecule has 1 atom stereocenters. The number of hydrogen-bond donors (Lipinski definition) is 1. The van der Waals surface area contributed by atoms with Gasteiger partial charge in [0.05, 0.1) is 35.6 Å². The molecule has 1 aliphatic carbocycles. The van der Waals surface area contributed by atoms with Gasteiger partial charge in [-0.3, -0.25) is 9.58 Å². The van der Waals surface area contributed by atoms with E-state index in [1.165, 1.54) is 24.0 Å². The Bertz CT molecular complexity index is 1400. The van der Waals surface area contributed by atoms with E-state index in [0.717, 1.165) is 43.5 Å². The number of aliphatic hydroxyl groups excluding tert-OH is 1. The second-order valence-electron chi connectivity index (χ2n) is 8.87. The number of aromatic nitrogens is 5. The number of hydrogen-bond acceptors (Lipinski definition) is 7. The smallest absolute Gasteiger partial charge is 0.155 e. The number of nitriles is 1. The zero-order valence-corrected chi connectivity index (χ0v) is 19.1. The van der Waals surface area contributed by atoms with Crippen LogP contribution in [0.25, 0.3) is 16.6 Å². The van der Waals surface area contributed by atoms with Crippen LogP contribution in [0.4, 0.5) is 4.39 Å². The van der Waals surface area contributed by atoms with Crippen molar-refractivity contribution < 1.29 is 9.50 Å². The molecule has 34 heavy (non-hydrogen) atoms. The average molecular weight is 476 g/mol. The Labute approximate surface area is 199 Å². The molecule has 1 N–H and O–H groups in total. The van der Waals surface area contributed by atoms with E-state index in [1.807, 2.05) is 29.3 Å². The molecule has 10 heteroatoms. The number of halogens is 1. The summed E-state index contributed by atoms with van der Waals surface area (Å²) in [6, 6.07) is 7.81. The van der Waals surface area contributed by atoms with Crippen molar-refractivity contribution in [3.8, 4) is 17.2 Å². The van der Waals surface area contributed by atoms with Gasteiger partial charge in [-0.1, -0.05) is 11.8 Å². The van der Waals surface area contributed by atoms with Crippen LogP contribution in [0, 0.1) is 17.1 Å². The first-order valence-corrected chi connectivity index (χ1v) is 12.1. The van der Waals surface area contributed by atoms with Gasteiger partial charge in [-0.2, -0.15) is 15.5 Å². The molecule has 0 unspecified atom stereocenters. The Balaban J connectivity index is 1.31. The summed E-state index contributed by atoms with van der Waals surface area (Å²) in [5.41, 5.74) is 2.86. The Morgan fingerprint density at radius 3 is 2.82 bits per heavy atom. The van der Waals surface area contributed by atoms with Crippen LogP contribution < -0.4 is 0 Å². The number of nitrogens with zero attached hydrogens (tertiary/aromatic N) is 7. The molecular weight excluding hydrogens is 453 g/mol. The van der Waals surface area contributed by atoms with Crippen molar-refractivity contribution in [1.29, 1.82) is 5.26 Å². The third kappa shape index (κ3) is 3.76. The van der Waals surface area contributed by atoms with Gasteiger partial charge in [0.2, 0.25) is 0 Å². The van der Waals surface area contributed by atoms with E-state index in [4.69, 9.17) is 0 Å². The van der Waals surface area contributed by atoms with Gasteiger partial charge in [0, 0.05) is 53.7 Å². The molecule has 0 amide bonds. The highest BCUT2D eigenvalue weighted by atomic mass is 32.2. The van der Waals surface area contributed by atoms with Crippen molar-refractivity contribution in [3.63, 3.8) is 0 Å². The summed E-state index contributed by atoms with van der Waals surface area (Å²) in [7, 11) is 0. The summed E-state index contributed by atoms with van der Waals surface area (Å²) in [6.07, 6.45) is 11.4. The summed E-state index contributed by atoms with van der Waals surface area (Å²) in [4.78, 5) is 7.31. The molecule has 8 nitrogen and oxygen atoms in total. The average Bonchev–Trinajstić information content (AvgIpc) is 3.57. The highest BCUT2D eigenvalue weighted by Gasteiger charge is 2.36. The van der Waals surface area contributed by atoms with Crippen LogP contribution in [0.2, 0.25) is 0 Å². The molecule has 0 bridgehead atoms. The van der Waals surface area contributed by atoms with Crippen molar-refractivity contribution in [3.05, 3.63) is 60.6 Å². The highest BCUT2D eigenvalue weighted by molar-refractivity contribution is 7.99. The van der Waals surface area contributed by atoms with E-state index in [-0.39, 0.29) is 11.1 Å². The molecular formula is C24H22FN7OS. The van der Waals surface area contributed by atoms with Crippen LogP contribution >= 0.6 is 11.8 Å². The lowest BCUT2D eigenvalue weighted by Crippen LogP contribution is -2.46. The Morgan fingerprint density at radius 2 is 2.03 bits per heavy atom. The molecule has 1 saturated heterocycles. The van der Waals surface area contributed by atoms with E-state index < -0.39 is 5.82 Å². The molecule has 4 aromatic rings. The minimum atomic E-state index is -0.410. The number of fused-ring (bicyclic) bond motifs is 1. The summed E-state index contributed by atoms with van der Waals surface area (Å²) < 4.78 is 18.0. The van der Waals surface area contributed by atoms with E-state index in [0.29, 0.717) is 28.1 Å². The minimum absolute atomic E-state index is 0.147. The van der Waals surface area contributed by atoms with Crippen molar-refractivity contribution in [2.75, 3.05) is 13.1 Å². The standard InChI is InChI=1S/C24H22FN7OS/c25-21-2-1-4-27-24(21)34-22-6-15(12-32-23(22)16(9-26)10-29-32)17-11-28-31(13-17)18-3-5-30(14-18)19-7-20(33)8-19/h1-2,4,6,10-13,18-20,33H,3,5,7-8,14H2/t18-,19?,20?/m0/s1. The van der Waals surface area contributed by atoms with Crippen molar-refractivity contribution >= 4 is 17.3 Å². The Morgan fingerprint density at radius 1 is 1.15 bits per heavy atom. The summed E-state index contributed by atoms with van der Waals surface area (Å²) in [6.45, 7) is 1.95. The zero-order valence-electron chi connectivity index (χ0n) is 18.3. The molecule has 172 valence electrons. The van der Waals surface area contributed by atoms with Crippen LogP contribution in [0.5, 0.6) is 0 Å². The minimum Gasteiger partial charge on any atom is -0.393 e. The molecule has 2 aliphatic rings. The first-order chi connectivity index (χ1) is 16.6. The van der Waals surface area contributed by atoms with E-state index in [1.54, 1.807) is 16.8 Å². The Hall–Kier alpha value is -3.26. The maximum absolute atomic E-state index is 14.3. The SMILES string of the molecule is N#Cc1cnn2cc(-c3cnn([C@H]4CCN(C5CC(O)C5)C4)c3)cc(Sc3ncccc3F)c12. The van der Waals surface area contributed by atoms with Gasteiger partial charge in [0.25, 0.3) is 0 Å². The predicted octanol–water partition coefficient (Wildman–Crippen LogP) is 3.52. The molecule has 0 radical (unpaired) electrons. The fraction of sp³-hybridized carbons (Fsp3) is 0.333. The predicted molar refractivity (Wildman–Crippen MR) is 124 cm³/mol. The molecule has 0 spiro atoms. The Kier molecular flexibility index (Phi) is 5.32. The zero-order chi connectivity index (χ0) is 23.2. The fourth-order valence-electron chi connectivity index (χ4n) is 4.81. The van der Waals surface area contributed by atoms with Gasteiger partial charge in [0.15, 0.2) is 5.82 Å². The third-order valence-electron chi connectivity index (χ3n) is 6.74. The monoisotopic (exact) mass is 475 g/mol. The second kappa shape index (κ2) is 8.51. The van der Waals surface area contributed by atoms with Crippen LogP contribution in [0.15, 0.2) is 59.1 Å². The van der Waals surface area contributed by atoms with Gasteiger partial charge < -0.3 is 5.11 Å². The molecule has 6 rings (SSSR count). The van der Waals surface area contributed by atoms with Crippen LogP contribution in [0.3, 0.4) is 0 Å². The van der Waals surface area contributed by atoms with Gasteiger partial charge in [0.1, 0.15) is 11.1 Å².